The Morgan fingerprint density at radius 2 is 1.11 bits per heavy atom. The van der Waals surface area contributed by atoms with Gasteiger partial charge in [-0.15, -0.1) is 0 Å². The molecule has 0 unspecified atom stereocenters. The fraction of sp³-hybridized carbons (Fsp3) is 0. The van der Waals surface area contributed by atoms with Crippen LogP contribution in [0.15, 0.2) is 127 Å². The lowest BCUT2D eigenvalue weighted by Gasteiger charge is -2.29. The molecule has 35 heavy (non-hydrogen) atoms. The quantitative estimate of drug-likeness (QED) is 0.206. The van der Waals surface area contributed by atoms with E-state index in [2.05, 4.69) is 127 Å². The van der Waals surface area contributed by atoms with Gasteiger partial charge in [-0.05, 0) is 60.6 Å². The third kappa shape index (κ3) is 2.58. The molecule has 0 radical (unpaired) electrons. The highest BCUT2D eigenvalue weighted by Gasteiger charge is 2.32. The maximum atomic E-state index is 2.43. The molecule has 0 N–H and O–H groups in total. The first-order valence-electron chi connectivity index (χ1n) is 12.3. The van der Waals surface area contributed by atoms with Gasteiger partial charge in [0.05, 0.1) is 0 Å². The summed E-state index contributed by atoms with van der Waals surface area (Å²) in [4.78, 5) is 0. The predicted octanol–water partition coefficient (Wildman–Crippen LogP) is 6.75. The van der Waals surface area contributed by atoms with Crippen LogP contribution < -0.4 is 16.4 Å². The molecule has 1 heterocycles. The fourth-order valence-electron chi connectivity index (χ4n) is 6.43. The van der Waals surface area contributed by atoms with Crippen LogP contribution in [0.4, 0.5) is 0 Å². The molecule has 160 valence electrons. The van der Waals surface area contributed by atoms with Crippen molar-refractivity contribution in [2.24, 2.45) is 0 Å². The zero-order chi connectivity index (χ0) is 22.9. The van der Waals surface area contributed by atoms with E-state index in [1.807, 2.05) is 0 Å². The third-order valence-electron chi connectivity index (χ3n) is 7.89. The summed E-state index contributed by atoms with van der Waals surface area (Å²) in [5.41, 5.74) is 9.45. The van der Waals surface area contributed by atoms with Crippen LogP contribution in [0, 0.1) is 0 Å². The molecule has 0 nitrogen and oxygen atoms in total. The van der Waals surface area contributed by atoms with Crippen LogP contribution in [0.5, 0.6) is 0 Å². The lowest BCUT2D eigenvalue weighted by molar-refractivity contribution is 1.66. The topological polar surface area (TPSA) is 0 Å². The maximum absolute atomic E-state index is 2.43. The molecule has 1 heteroatoms. The van der Waals surface area contributed by atoms with Crippen LogP contribution in [-0.4, -0.2) is 6.71 Å². The van der Waals surface area contributed by atoms with E-state index in [-0.39, 0.29) is 6.71 Å². The Morgan fingerprint density at radius 1 is 0.400 bits per heavy atom. The molecular formula is C34H21B. The molecule has 0 aliphatic carbocycles. The maximum Gasteiger partial charge on any atom is 0.242 e. The van der Waals surface area contributed by atoms with Crippen LogP contribution >= 0.6 is 0 Å². The van der Waals surface area contributed by atoms with Crippen molar-refractivity contribution in [3.8, 4) is 22.3 Å². The van der Waals surface area contributed by atoms with Crippen molar-refractivity contribution in [2.45, 2.75) is 0 Å². The van der Waals surface area contributed by atoms with Crippen molar-refractivity contribution in [2.75, 3.05) is 0 Å². The number of rotatable bonds is 2. The Hall–Kier alpha value is -4.36. The van der Waals surface area contributed by atoms with E-state index < -0.39 is 0 Å². The standard InChI is InChI=1S/C34H21B/c1-3-9-22(10-4-1)26-18-16-24-21-29-27-13-7-8-14-30(27)35(25-11-5-2-6-12-25)31-20-17-23-15-19-28(26)32(24)33(23)34(29)31/h1-21H. The third-order valence-corrected chi connectivity index (χ3v) is 7.89. The molecule has 0 bridgehead atoms. The summed E-state index contributed by atoms with van der Waals surface area (Å²) in [6, 6.07) is 47.1. The van der Waals surface area contributed by atoms with Crippen LogP contribution in [0.1, 0.15) is 0 Å². The van der Waals surface area contributed by atoms with E-state index in [1.165, 1.54) is 71.0 Å². The van der Waals surface area contributed by atoms with Gasteiger partial charge >= 0.3 is 0 Å². The van der Waals surface area contributed by atoms with Gasteiger partial charge in [-0.3, -0.25) is 0 Å². The summed E-state index contributed by atoms with van der Waals surface area (Å²) in [6.07, 6.45) is 0. The summed E-state index contributed by atoms with van der Waals surface area (Å²) in [7, 11) is 0. The van der Waals surface area contributed by atoms with Crippen molar-refractivity contribution in [1.29, 1.82) is 0 Å². The van der Waals surface area contributed by atoms with Gasteiger partial charge in [0.2, 0.25) is 6.71 Å². The molecule has 0 fully saturated rings. The molecule has 0 saturated carbocycles. The summed E-state index contributed by atoms with van der Waals surface area (Å²) in [5, 5.41) is 8.17. The molecule has 0 saturated heterocycles. The highest BCUT2D eigenvalue weighted by molar-refractivity contribution is 6.98. The Balaban J connectivity index is 1.56. The molecule has 7 aromatic rings. The lowest BCUT2D eigenvalue weighted by atomic mass is 9.33. The first-order valence-corrected chi connectivity index (χ1v) is 12.3. The summed E-state index contributed by atoms with van der Waals surface area (Å²) in [6.45, 7) is 0.234. The Morgan fingerprint density at radius 3 is 1.97 bits per heavy atom. The van der Waals surface area contributed by atoms with E-state index in [4.69, 9.17) is 0 Å². The minimum atomic E-state index is 0.234. The van der Waals surface area contributed by atoms with Crippen LogP contribution in [0.2, 0.25) is 0 Å². The number of hydrogen-bond acceptors (Lipinski definition) is 0. The second-order valence-corrected chi connectivity index (χ2v) is 9.67. The molecule has 0 spiro atoms. The zero-order valence-electron chi connectivity index (χ0n) is 19.2. The van der Waals surface area contributed by atoms with Gasteiger partial charge in [0.15, 0.2) is 0 Å². The van der Waals surface area contributed by atoms with Gasteiger partial charge in [0.1, 0.15) is 0 Å². The molecular weight excluding hydrogens is 419 g/mol. The molecule has 1 aliphatic rings. The highest BCUT2D eigenvalue weighted by Crippen LogP contribution is 2.43. The summed E-state index contributed by atoms with van der Waals surface area (Å²) in [5.74, 6) is 0. The fourth-order valence-corrected chi connectivity index (χ4v) is 6.43. The molecule has 0 atom stereocenters. The first-order chi connectivity index (χ1) is 17.4. The average Bonchev–Trinajstić information content (AvgIpc) is 2.93. The van der Waals surface area contributed by atoms with Crippen LogP contribution in [0.3, 0.4) is 0 Å². The van der Waals surface area contributed by atoms with Crippen LogP contribution in [0.25, 0.3) is 54.6 Å². The van der Waals surface area contributed by atoms with Crippen molar-refractivity contribution < 1.29 is 0 Å². The normalized spacial score (nSPS) is 12.5. The second kappa shape index (κ2) is 7.07. The smallest absolute Gasteiger partial charge is 0.0686 e. The van der Waals surface area contributed by atoms with Crippen LogP contribution in [-0.2, 0) is 0 Å². The number of fused-ring (bicyclic) bond motifs is 2. The zero-order valence-corrected chi connectivity index (χ0v) is 19.2. The first kappa shape index (κ1) is 19.0. The van der Waals surface area contributed by atoms with E-state index in [1.54, 1.807) is 0 Å². The van der Waals surface area contributed by atoms with Gasteiger partial charge in [-0.2, -0.15) is 0 Å². The molecule has 1 aliphatic heterocycles. The minimum Gasteiger partial charge on any atom is -0.0686 e. The Kier molecular flexibility index (Phi) is 3.84. The SMILES string of the molecule is c1ccc(B2c3ccccc3-c3cc4ccc(-c5ccccc5)c5ccc6ccc2c3c6c45)cc1. The lowest BCUT2D eigenvalue weighted by Crippen LogP contribution is -2.54. The van der Waals surface area contributed by atoms with Gasteiger partial charge in [0, 0.05) is 0 Å². The van der Waals surface area contributed by atoms with Gasteiger partial charge in [-0.25, -0.2) is 0 Å². The van der Waals surface area contributed by atoms with Gasteiger partial charge in [0.25, 0.3) is 0 Å². The number of benzene rings is 7. The van der Waals surface area contributed by atoms with E-state index in [0.717, 1.165) is 0 Å². The Labute approximate surface area is 204 Å². The van der Waals surface area contributed by atoms with E-state index in [9.17, 15) is 0 Å². The van der Waals surface area contributed by atoms with Crippen molar-refractivity contribution in [1.82, 2.24) is 0 Å². The predicted molar refractivity (Wildman–Crippen MR) is 152 cm³/mol. The minimum absolute atomic E-state index is 0.234. The molecule has 7 aromatic carbocycles. The number of hydrogen-bond donors (Lipinski definition) is 0. The molecule has 8 rings (SSSR count). The van der Waals surface area contributed by atoms with E-state index in [0.29, 0.717) is 0 Å². The largest absolute Gasteiger partial charge is 0.242 e. The molecule has 0 amide bonds. The van der Waals surface area contributed by atoms with Crippen molar-refractivity contribution >= 4 is 55.4 Å². The van der Waals surface area contributed by atoms with Crippen molar-refractivity contribution in [3.63, 3.8) is 0 Å². The van der Waals surface area contributed by atoms with E-state index >= 15 is 0 Å². The molecule has 0 aromatic heterocycles. The summed E-state index contributed by atoms with van der Waals surface area (Å²) >= 11 is 0. The second-order valence-electron chi connectivity index (χ2n) is 9.67. The summed E-state index contributed by atoms with van der Waals surface area (Å²) < 4.78 is 0. The highest BCUT2D eigenvalue weighted by atomic mass is 14.2. The van der Waals surface area contributed by atoms with Gasteiger partial charge in [-0.1, -0.05) is 138 Å². The van der Waals surface area contributed by atoms with Crippen molar-refractivity contribution in [3.05, 3.63) is 127 Å². The Bertz CT molecular complexity index is 1880. The van der Waals surface area contributed by atoms with Gasteiger partial charge < -0.3 is 0 Å². The average molecular weight is 440 g/mol. The monoisotopic (exact) mass is 440 g/mol.